The van der Waals surface area contributed by atoms with Crippen molar-refractivity contribution in [2.24, 2.45) is 11.3 Å². The number of carbonyl (C=O) groups is 1. The van der Waals surface area contributed by atoms with E-state index in [2.05, 4.69) is 53.3 Å². The molecule has 2 aromatic carbocycles. The quantitative estimate of drug-likeness (QED) is 0.302. The molecule has 230 valence electrons. The molecule has 2 aliphatic heterocycles. The van der Waals surface area contributed by atoms with E-state index in [0.29, 0.717) is 25.2 Å². The topological polar surface area (TPSA) is 95.0 Å². The number of ether oxygens (including phenoxy) is 4. The molecule has 9 heteroatoms. The molecule has 0 radical (unpaired) electrons. The van der Waals surface area contributed by atoms with Crippen LogP contribution >= 0.6 is 0 Å². The van der Waals surface area contributed by atoms with E-state index in [1.807, 2.05) is 58.0 Å². The fourth-order valence-electron chi connectivity index (χ4n) is 5.22. The fourth-order valence-corrected chi connectivity index (χ4v) is 5.22. The Morgan fingerprint density at radius 1 is 0.953 bits per heavy atom. The second-order valence-electron chi connectivity index (χ2n) is 13.5. The molecule has 1 aromatic heterocycles. The Hall–Kier alpha value is -3.85. The molecule has 9 nitrogen and oxygen atoms in total. The van der Waals surface area contributed by atoms with Gasteiger partial charge in [-0.2, -0.15) is 0 Å². The number of nitrogens with one attached hydrogen (secondary N) is 1. The Balaban J connectivity index is 1.09. The first-order valence-electron chi connectivity index (χ1n) is 15.0. The summed E-state index contributed by atoms with van der Waals surface area (Å²) in [5.41, 5.74) is 2.83. The summed E-state index contributed by atoms with van der Waals surface area (Å²) in [5.74, 6) is 2.49. The van der Waals surface area contributed by atoms with Gasteiger partial charge in [0.2, 0.25) is 5.95 Å². The third-order valence-electron chi connectivity index (χ3n) is 7.92. The Kier molecular flexibility index (Phi) is 8.83. The van der Waals surface area contributed by atoms with Crippen LogP contribution in [0.2, 0.25) is 0 Å². The summed E-state index contributed by atoms with van der Waals surface area (Å²) in [4.78, 5) is 23.2. The van der Waals surface area contributed by atoms with E-state index in [1.54, 1.807) is 6.20 Å². The maximum atomic E-state index is 11.9. The second-order valence-corrected chi connectivity index (χ2v) is 13.5. The van der Waals surface area contributed by atoms with Gasteiger partial charge in [-0.1, -0.05) is 45.0 Å². The summed E-state index contributed by atoms with van der Waals surface area (Å²) in [5, 5.41) is 2.80. The normalized spacial score (nSPS) is 16.6. The number of hydrogen-bond donors (Lipinski definition) is 1. The molecule has 0 aliphatic carbocycles. The van der Waals surface area contributed by atoms with E-state index in [9.17, 15) is 4.79 Å². The molecule has 5 rings (SSSR count). The Morgan fingerprint density at radius 2 is 1.56 bits per heavy atom. The van der Waals surface area contributed by atoms with Gasteiger partial charge in [0.15, 0.2) is 0 Å². The average molecular weight is 589 g/mol. The van der Waals surface area contributed by atoms with Crippen molar-refractivity contribution < 1.29 is 23.7 Å². The molecule has 1 unspecified atom stereocenters. The van der Waals surface area contributed by atoms with Crippen LogP contribution in [-0.4, -0.2) is 61.1 Å². The van der Waals surface area contributed by atoms with Crippen LogP contribution in [0, 0.1) is 11.3 Å². The number of rotatable bonds is 11. The van der Waals surface area contributed by atoms with Crippen LogP contribution in [0.1, 0.15) is 58.4 Å². The maximum Gasteiger partial charge on any atom is 0.407 e. The molecule has 2 saturated heterocycles. The minimum Gasteiger partial charge on any atom is -0.493 e. The van der Waals surface area contributed by atoms with Gasteiger partial charge in [0, 0.05) is 37.2 Å². The summed E-state index contributed by atoms with van der Waals surface area (Å²) in [6, 6.07) is 18.4. The van der Waals surface area contributed by atoms with Gasteiger partial charge in [0.05, 0.1) is 30.9 Å². The van der Waals surface area contributed by atoms with Crippen LogP contribution in [0.5, 0.6) is 11.5 Å². The summed E-state index contributed by atoms with van der Waals surface area (Å²) >= 11 is 0. The van der Waals surface area contributed by atoms with Crippen molar-refractivity contribution in [1.29, 1.82) is 0 Å². The number of nitrogens with zero attached hydrogens (tertiary/aromatic N) is 3. The van der Waals surface area contributed by atoms with Crippen molar-refractivity contribution in [2.45, 2.75) is 59.2 Å². The first kappa shape index (κ1) is 30.6. The standard InChI is InChI=1S/C34H44N4O5/c1-24(17-36-31(39)43-32(2,3)4)18-41-28-11-7-25(8-12-28)33(5,6)26-9-13-29(14-10-26)42-19-27-15-16-35-30(37-27)38-20-34(21-38)22-40-23-34/h7-16,24H,17-23H2,1-6H3,(H,36,39). The average Bonchev–Trinajstić information content (AvgIpc) is 2.92. The van der Waals surface area contributed by atoms with Crippen LogP contribution in [0.4, 0.5) is 10.7 Å². The molecule has 43 heavy (non-hydrogen) atoms. The van der Waals surface area contributed by atoms with Crippen molar-refractivity contribution >= 4 is 12.0 Å². The van der Waals surface area contributed by atoms with Crippen molar-refractivity contribution in [2.75, 3.05) is 44.4 Å². The molecule has 1 amide bonds. The molecule has 1 atom stereocenters. The third kappa shape index (κ3) is 7.76. The minimum absolute atomic E-state index is 0.135. The lowest BCUT2D eigenvalue weighted by Gasteiger charge is -2.54. The fraction of sp³-hybridized carbons (Fsp3) is 0.500. The monoisotopic (exact) mass is 588 g/mol. The van der Waals surface area contributed by atoms with Gasteiger partial charge in [-0.05, 0) is 62.2 Å². The largest absolute Gasteiger partial charge is 0.493 e. The molecular weight excluding hydrogens is 544 g/mol. The highest BCUT2D eigenvalue weighted by molar-refractivity contribution is 5.67. The molecular formula is C34H44N4O5. The smallest absolute Gasteiger partial charge is 0.407 e. The number of alkyl carbamates (subject to hydrolysis) is 1. The van der Waals surface area contributed by atoms with Gasteiger partial charge in [0.1, 0.15) is 23.7 Å². The first-order valence-corrected chi connectivity index (χ1v) is 15.0. The molecule has 2 fully saturated rings. The molecule has 3 heterocycles. The molecule has 0 saturated carbocycles. The minimum atomic E-state index is -0.512. The number of carbonyl (C=O) groups excluding carboxylic acids is 1. The summed E-state index contributed by atoms with van der Waals surface area (Å²) in [6.45, 7) is 16.9. The van der Waals surface area contributed by atoms with Crippen LogP contribution in [0.25, 0.3) is 0 Å². The molecule has 3 aromatic rings. The predicted octanol–water partition coefficient (Wildman–Crippen LogP) is 5.76. The van der Waals surface area contributed by atoms with E-state index in [4.69, 9.17) is 23.9 Å². The van der Waals surface area contributed by atoms with Gasteiger partial charge in [-0.3, -0.25) is 0 Å². The van der Waals surface area contributed by atoms with E-state index in [0.717, 1.165) is 49.4 Å². The molecule has 2 aliphatic rings. The molecule has 1 spiro atoms. The van der Waals surface area contributed by atoms with Gasteiger partial charge in [-0.25, -0.2) is 14.8 Å². The third-order valence-corrected chi connectivity index (χ3v) is 7.92. The van der Waals surface area contributed by atoms with Crippen LogP contribution in [0.3, 0.4) is 0 Å². The number of benzene rings is 2. The van der Waals surface area contributed by atoms with Gasteiger partial charge in [-0.15, -0.1) is 0 Å². The first-order chi connectivity index (χ1) is 20.4. The highest BCUT2D eigenvalue weighted by Gasteiger charge is 2.49. The van der Waals surface area contributed by atoms with E-state index in [-0.39, 0.29) is 11.3 Å². The SMILES string of the molecule is CC(CNC(=O)OC(C)(C)C)COc1ccc(C(C)(C)c2ccc(OCc3ccnc(N4CC5(COC5)C4)n3)cc2)cc1. The van der Waals surface area contributed by atoms with E-state index < -0.39 is 11.7 Å². The van der Waals surface area contributed by atoms with Crippen LogP contribution < -0.4 is 19.7 Å². The zero-order chi connectivity index (χ0) is 30.7. The molecule has 0 bridgehead atoms. The zero-order valence-electron chi connectivity index (χ0n) is 26.2. The molecule has 1 N–H and O–H groups in total. The lowest BCUT2D eigenvalue weighted by molar-refractivity contribution is -0.127. The van der Waals surface area contributed by atoms with Gasteiger partial charge >= 0.3 is 6.09 Å². The highest BCUT2D eigenvalue weighted by atomic mass is 16.6. The highest BCUT2D eigenvalue weighted by Crippen LogP contribution is 2.39. The lowest BCUT2D eigenvalue weighted by atomic mass is 9.78. The number of anilines is 1. The Morgan fingerprint density at radius 3 is 2.12 bits per heavy atom. The van der Waals surface area contributed by atoms with Gasteiger partial charge in [0.25, 0.3) is 0 Å². The summed E-state index contributed by atoms with van der Waals surface area (Å²) in [6.07, 6.45) is 1.39. The van der Waals surface area contributed by atoms with Crippen LogP contribution in [0.15, 0.2) is 60.8 Å². The van der Waals surface area contributed by atoms with E-state index >= 15 is 0 Å². The summed E-state index contributed by atoms with van der Waals surface area (Å²) in [7, 11) is 0. The van der Waals surface area contributed by atoms with Crippen molar-refractivity contribution in [3.63, 3.8) is 0 Å². The van der Waals surface area contributed by atoms with Crippen molar-refractivity contribution in [3.05, 3.63) is 77.6 Å². The zero-order valence-corrected chi connectivity index (χ0v) is 26.2. The number of aromatic nitrogens is 2. The van der Waals surface area contributed by atoms with Crippen LogP contribution in [-0.2, 0) is 21.5 Å². The maximum absolute atomic E-state index is 11.9. The lowest BCUT2D eigenvalue weighted by Crippen LogP contribution is -2.66. The van der Waals surface area contributed by atoms with Crippen molar-refractivity contribution in [1.82, 2.24) is 15.3 Å². The predicted molar refractivity (Wildman–Crippen MR) is 166 cm³/mol. The van der Waals surface area contributed by atoms with Gasteiger partial charge < -0.3 is 29.2 Å². The Labute approximate surface area is 254 Å². The number of amides is 1. The van der Waals surface area contributed by atoms with E-state index in [1.165, 1.54) is 11.1 Å². The second kappa shape index (κ2) is 12.4. The van der Waals surface area contributed by atoms with Crippen molar-refractivity contribution in [3.8, 4) is 11.5 Å². The summed E-state index contributed by atoms with van der Waals surface area (Å²) < 4.78 is 22.7. The number of hydrogen-bond acceptors (Lipinski definition) is 8. The Bertz CT molecular complexity index is 1370.